The molecule has 1 aromatic rings. The number of oxime groups is 1. The summed E-state index contributed by atoms with van der Waals surface area (Å²) >= 11 is 0. The van der Waals surface area contributed by atoms with Crippen molar-refractivity contribution < 1.29 is 10.0 Å². The van der Waals surface area contributed by atoms with Gasteiger partial charge in [-0.25, -0.2) is 4.79 Å². The molecule has 0 aliphatic heterocycles. The Hall–Kier alpha value is -2.24. The molecule has 2 amide bonds. The van der Waals surface area contributed by atoms with Crippen LogP contribution in [0.2, 0.25) is 0 Å². The topological polar surface area (TPSA) is 114 Å². The van der Waals surface area contributed by atoms with Crippen LogP contribution in [0.5, 0.6) is 0 Å². The Morgan fingerprint density at radius 2 is 1.93 bits per heavy atom. The van der Waals surface area contributed by atoms with Gasteiger partial charge in [0.05, 0.1) is 0 Å². The summed E-state index contributed by atoms with van der Waals surface area (Å²) in [5.41, 5.74) is 11.1. The molecule has 1 atom stereocenters. The number of nitrogens with two attached hydrogens (primary N) is 2. The molecule has 0 fully saturated rings. The number of carbonyl (C=O) groups is 1. The summed E-state index contributed by atoms with van der Waals surface area (Å²) in [5.74, 6) is -0.125. The first kappa shape index (κ1) is 10.8. The van der Waals surface area contributed by atoms with Crippen LogP contribution in [0.15, 0.2) is 35.5 Å². The highest BCUT2D eigenvalue weighted by Crippen LogP contribution is 2.11. The van der Waals surface area contributed by atoms with Crippen LogP contribution in [0, 0.1) is 0 Å². The third-order valence-electron chi connectivity index (χ3n) is 1.83. The van der Waals surface area contributed by atoms with Crippen LogP contribution in [-0.2, 0) is 0 Å². The van der Waals surface area contributed by atoms with Crippen LogP contribution in [0.1, 0.15) is 11.6 Å². The fourth-order valence-electron chi connectivity index (χ4n) is 1.17. The predicted molar refractivity (Wildman–Crippen MR) is 55.3 cm³/mol. The molecule has 0 radical (unpaired) electrons. The number of hydrogen-bond donors (Lipinski definition) is 4. The van der Waals surface area contributed by atoms with Gasteiger partial charge >= 0.3 is 6.03 Å². The minimum atomic E-state index is -0.740. The van der Waals surface area contributed by atoms with Gasteiger partial charge in [0.25, 0.3) is 0 Å². The fourth-order valence-corrected chi connectivity index (χ4v) is 1.17. The van der Waals surface area contributed by atoms with Crippen LogP contribution in [-0.4, -0.2) is 17.1 Å². The average molecular weight is 208 g/mol. The maximum absolute atomic E-state index is 10.7. The number of nitrogens with one attached hydrogen (secondary N) is 1. The van der Waals surface area contributed by atoms with Gasteiger partial charge in [-0.05, 0) is 5.56 Å². The zero-order valence-electron chi connectivity index (χ0n) is 7.92. The molecule has 6 N–H and O–H groups in total. The lowest BCUT2D eigenvalue weighted by Crippen LogP contribution is -2.40. The molecule has 15 heavy (non-hydrogen) atoms. The predicted octanol–water partition coefficient (Wildman–Crippen LogP) is 0.142. The van der Waals surface area contributed by atoms with Gasteiger partial charge in [-0.2, -0.15) is 0 Å². The van der Waals surface area contributed by atoms with Gasteiger partial charge in [-0.1, -0.05) is 35.5 Å². The van der Waals surface area contributed by atoms with E-state index < -0.39 is 12.1 Å². The van der Waals surface area contributed by atoms with Gasteiger partial charge in [0.2, 0.25) is 0 Å². The van der Waals surface area contributed by atoms with E-state index in [2.05, 4.69) is 10.5 Å². The molecule has 6 heteroatoms. The zero-order chi connectivity index (χ0) is 11.3. The van der Waals surface area contributed by atoms with E-state index in [0.717, 1.165) is 0 Å². The lowest BCUT2D eigenvalue weighted by molar-refractivity contribution is 0.247. The monoisotopic (exact) mass is 208 g/mol. The van der Waals surface area contributed by atoms with Crippen molar-refractivity contribution >= 4 is 11.9 Å². The normalized spacial score (nSPS) is 13.2. The molecule has 0 bridgehead atoms. The summed E-state index contributed by atoms with van der Waals surface area (Å²) in [4.78, 5) is 10.7. The molecule has 0 aliphatic carbocycles. The van der Waals surface area contributed by atoms with E-state index >= 15 is 0 Å². The van der Waals surface area contributed by atoms with E-state index in [-0.39, 0.29) is 5.84 Å². The van der Waals surface area contributed by atoms with Crippen LogP contribution < -0.4 is 16.8 Å². The Morgan fingerprint density at radius 3 is 2.40 bits per heavy atom. The number of rotatable bonds is 3. The second-order valence-electron chi connectivity index (χ2n) is 2.88. The van der Waals surface area contributed by atoms with Crippen LogP contribution in [0.4, 0.5) is 4.79 Å². The molecule has 0 aliphatic rings. The first-order chi connectivity index (χ1) is 7.15. The van der Waals surface area contributed by atoms with Gasteiger partial charge in [-0.3, -0.25) is 0 Å². The summed E-state index contributed by atoms with van der Waals surface area (Å²) in [7, 11) is 0. The van der Waals surface area contributed by atoms with Crippen LogP contribution >= 0.6 is 0 Å². The first-order valence-electron chi connectivity index (χ1n) is 4.23. The van der Waals surface area contributed by atoms with Gasteiger partial charge in [-0.15, -0.1) is 0 Å². The molecule has 6 nitrogen and oxygen atoms in total. The van der Waals surface area contributed by atoms with Crippen molar-refractivity contribution in [2.75, 3.05) is 0 Å². The van der Waals surface area contributed by atoms with E-state index in [9.17, 15) is 4.79 Å². The fraction of sp³-hybridized carbons (Fsp3) is 0.111. The number of nitrogens with zero attached hydrogens (tertiary/aromatic N) is 1. The van der Waals surface area contributed by atoms with E-state index in [1.165, 1.54) is 0 Å². The van der Waals surface area contributed by atoms with Crippen molar-refractivity contribution in [2.45, 2.75) is 6.04 Å². The quantitative estimate of drug-likeness (QED) is 0.245. The van der Waals surface area contributed by atoms with E-state index in [1.807, 2.05) is 6.07 Å². The highest BCUT2D eigenvalue weighted by Gasteiger charge is 2.17. The molecule has 1 aromatic carbocycles. The van der Waals surface area contributed by atoms with Crippen molar-refractivity contribution in [1.82, 2.24) is 5.32 Å². The number of hydrogen-bond acceptors (Lipinski definition) is 3. The summed E-state index contributed by atoms with van der Waals surface area (Å²) in [6.45, 7) is 0. The van der Waals surface area contributed by atoms with Gasteiger partial charge in [0.1, 0.15) is 6.04 Å². The molecule has 0 aromatic heterocycles. The lowest BCUT2D eigenvalue weighted by Gasteiger charge is -2.15. The summed E-state index contributed by atoms with van der Waals surface area (Å²) in [6.07, 6.45) is 0. The zero-order valence-corrected chi connectivity index (χ0v) is 7.92. The number of benzene rings is 1. The molecule has 0 saturated carbocycles. The Morgan fingerprint density at radius 1 is 1.33 bits per heavy atom. The Kier molecular flexibility index (Phi) is 3.50. The number of carbonyl (C=O) groups excluding carboxylic acids is 1. The SMILES string of the molecule is NC(=O)NC(/C(N)=N/O)c1ccccc1. The number of amidine groups is 1. The molecular formula is C9H12N4O2. The first-order valence-corrected chi connectivity index (χ1v) is 4.23. The highest BCUT2D eigenvalue weighted by atomic mass is 16.4. The van der Waals surface area contributed by atoms with Crippen molar-refractivity contribution in [1.29, 1.82) is 0 Å². The molecule has 0 spiro atoms. The number of amides is 2. The van der Waals surface area contributed by atoms with E-state index in [1.54, 1.807) is 24.3 Å². The molecule has 0 heterocycles. The van der Waals surface area contributed by atoms with Gasteiger partial charge < -0.3 is 22.0 Å². The second-order valence-corrected chi connectivity index (χ2v) is 2.88. The van der Waals surface area contributed by atoms with Crippen LogP contribution in [0.3, 0.4) is 0 Å². The number of urea groups is 1. The minimum Gasteiger partial charge on any atom is -0.409 e. The molecular weight excluding hydrogens is 196 g/mol. The Labute approximate surface area is 86.6 Å². The summed E-state index contributed by atoms with van der Waals surface area (Å²) in [6, 6.07) is 7.38. The van der Waals surface area contributed by atoms with Crippen molar-refractivity contribution in [3.63, 3.8) is 0 Å². The Balaban J connectivity index is 2.96. The maximum Gasteiger partial charge on any atom is 0.313 e. The summed E-state index contributed by atoms with van der Waals surface area (Å²) in [5, 5.41) is 13.8. The second kappa shape index (κ2) is 4.85. The van der Waals surface area contributed by atoms with Crippen molar-refractivity contribution in [3.05, 3.63) is 35.9 Å². The van der Waals surface area contributed by atoms with Crippen LogP contribution in [0.25, 0.3) is 0 Å². The third kappa shape index (κ3) is 2.87. The van der Waals surface area contributed by atoms with Gasteiger partial charge in [0.15, 0.2) is 5.84 Å². The number of primary amides is 1. The molecule has 1 unspecified atom stereocenters. The lowest BCUT2D eigenvalue weighted by atomic mass is 10.1. The largest absolute Gasteiger partial charge is 0.409 e. The smallest absolute Gasteiger partial charge is 0.313 e. The maximum atomic E-state index is 10.7. The molecule has 1 rings (SSSR count). The van der Waals surface area contributed by atoms with Crippen molar-refractivity contribution in [3.8, 4) is 0 Å². The molecule has 80 valence electrons. The van der Waals surface area contributed by atoms with Crippen molar-refractivity contribution in [2.24, 2.45) is 16.6 Å². The Bertz CT molecular complexity index is 364. The minimum absolute atomic E-state index is 0.125. The van der Waals surface area contributed by atoms with E-state index in [4.69, 9.17) is 16.7 Å². The van der Waals surface area contributed by atoms with Gasteiger partial charge in [0, 0.05) is 0 Å². The third-order valence-corrected chi connectivity index (χ3v) is 1.83. The average Bonchev–Trinajstić information content (AvgIpc) is 2.26. The highest BCUT2D eigenvalue weighted by molar-refractivity contribution is 5.90. The summed E-state index contributed by atoms with van der Waals surface area (Å²) < 4.78 is 0. The molecule has 0 saturated heterocycles. The van der Waals surface area contributed by atoms with E-state index in [0.29, 0.717) is 5.56 Å². The standard InChI is InChI=1S/C9H12N4O2/c10-8(13-15)7(12-9(11)14)6-4-2-1-3-5-6/h1-5,7,15H,(H2,10,13)(H3,11,12,14).